The molecule has 0 bridgehead atoms. The van der Waals surface area contributed by atoms with Gasteiger partial charge in [-0.1, -0.05) is 11.6 Å². The zero-order valence-corrected chi connectivity index (χ0v) is 21.0. The predicted octanol–water partition coefficient (Wildman–Crippen LogP) is 3.42. The Hall–Kier alpha value is -4.45. The Morgan fingerprint density at radius 2 is 1.78 bits per heavy atom. The third-order valence-corrected chi connectivity index (χ3v) is 5.45. The second kappa shape index (κ2) is 11.6. The van der Waals surface area contributed by atoms with Gasteiger partial charge in [0.1, 0.15) is 12.9 Å². The van der Waals surface area contributed by atoms with E-state index in [1.165, 1.54) is 42.6 Å². The monoisotopic (exact) mass is 606 g/mol. The van der Waals surface area contributed by atoms with Crippen LogP contribution in [-0.2, 0) is 17.8 Å². The van der Waals surface area contributed by atoms with Crippen molar-refractivity contribution < 1.29 is 41.0 Å². The average molecular weight is 607 g/mol. The van der Waals surface area contributed by atoms with Crippen molar-refractivity contribution in [3.8, 4) is 17.2 Å². The Kier molecular flexibility index (Phi) is 8.34. The molecule has 4 rings (SSSR count). The van der Waals surface area contributed by atoms with Crippen molar-refractivity contribution in [3.63, 3.8) is 0 Å². The number of nitrogens with zero attached hydrogens (tertiary/aromatic N) is 7. The summed E-state index contributed by atoms with van der Waals surface area (Å²) in [4.78, 5) is 32.8. The highest BCUT2D eigenvalue weighted by molar-refractivity contribution is 6.30. The summed E-state index contributed by atoms with van der Waals surface area (Å²) >= 11 is 5.87. The number of aromatic nitrogens is 7. The first-order valence-electron chi connectivity index (χ1n) is 11.3. The average Bonchev–Trinajstić information content (AvgIpc) is 3.48. The fourth-order valence-corrected chi connectivity index (χ4v) is 3.50. The minimum Gasteiger partial charge on any atom is -0.440 e. The minimum absolute atomic E-state index is 0.0768. The molecule has 41 heavy (non-hydrogen) atoms. The molecule has 0 aliphatic rings. The number of halogens is 7. The van der Waals surface area contributed by atoms with Gasteiger partial charge in [0.05, 0.1) is 12.2 Å². The van der Waals surface area contributed by atoms with E-state index in [9.17, 15) is 41.0 Å². The van der Waals surface area contributed by atoms with Gasteiger partial charge in [0.2, 0.25) is 0 Å². The number of carbonyl (C=O) groups is 1. The maximum absolute atomic E-state index is 13.1. The third-order valence-electron chi connectivity index (χ3n) is 5.20. The summed E-state index contributed by atoms with van der Waals surface area (Å²) in [6.45, 7) is -3.40. The van der Waals surface area contributed by atoms with Gasteiger partial charge >= 0.3 is 24.1 Å². The van der Waals surface area contributed by atoms with Crippen molar-refractivity contribution in [2.75, 3.05) is 11.9 Å². The second-order valence-electron chi connectivity index (χ2n) is 8.23. The molecule has 3 aromatic heterocycles. The van der Waals surface area contributed by atoms with E-state index in [4.69, 9.17) is 11.6 Å². The number of amides is 1. The molecule has 19 heteroatoms. The number of pyridine rings is 1. The summed E-state index contributed by atoms with van der Waals surface area (Å²) in [6.07, 6.45) is -11.6. The van der Waals surface area contributed by atoms with Crippen LogP contribution >= 0.6 is 11.6 Å². The molecule has 0 radical (unpaired) electrons. The Bertz CT molecular complexity index is 1580. The molecule has 1 atom stereocenters. The quantitative estimate of drug-likeness (QED) is 0.291. The van der Waals surface area contributed by atoms with Crippen LogP contribution in [-0.4, -0.2) is 70.4 Å². The van der Waals surface area contributed by atoms with Gasteiger partial charge in [-0.3, -0.25) is 9.88 Å². The van der Waals surface area contributed by atoms with E-state index in [1.54, 1.807) is 0 Å². The molecule has 0 saturated carbocycles. The molecule has 0 spiro atoms. The second-order valence-corrected chi connectivity index (χ2v) is 8.67. The van der Waals surface area contributed by atoms with E-state index in [0.717, 1.165) is 15.7 Å². The van der Waals surface area contributed by atoms with Crippen molar-refractivity contribution >= 4 is 23.4 Å². The Balaban J connectivity index is 1.61. The highest BCUT2D eigenvalue weighted by atomic mass is 35.5. The summed E-state index contributed by atoms with van der Waals surface area (Å²) in [7, 11) is 0. The van der Waals surface area contributed by atoms with E-state index in [0.29, 0.717) is 9.59 Å². The number of aliphatic hydroxyl groups excluding tert-OH is 1. The van der Waals surface area contributed by atoms with Crippen LogP contribution in [0.3, 0.4) is 0 Å². The van der Waals surface area contributed by atoms with E-state index >= 15 is 0 Å². The van der Waals surface area contributed by atoms with Crippen LogP contribution in [0, 0.1) is 0 Å². The molecule has 0 unspecified atom stereocenters. The summed E-state index contributed by atoms with van der Waals surface area (Å²) < 4.78 is 82.7. The van der Waals surface area contributed by atoms with Crippen molar-refractivity contribution in [2.24, 2.45) is 0 Å². The highest BCUT2D eigenvalue weighted by Crippen LogP contribution is 2.24. The van der Waals surface area contributed by atoms with Gasteiger partial charge in [-0.05, 0) is 36.4 Å². The van der Waals surface area contributed by atoms with Crippen LogP contribution in [0.2, 0.25) is 5.02 Å². The summed E-state index contributed by atoms with van der Waals surface area (Å²) in [5.74, 6) is -0.349. The zero-order chi connectivity index (χ0) is 29.9. The lowest BCUT2D eigenvalue weighted by Crippen LogP contribution is -2.37. The summed E-state index contributed by atoms with van der Waals surface area (Å²) in [5.41, 5.74) is -0.870. The van der Waals surface area contributed by atoms with E-state index < -0.39 is 49.9 Å². The van der Waals surface area contributed by atoms with E-state index in [1.807, 2.05) is 0 Å². The molecular formula is C22H17ClF6N8O4. The van der Waals surface area contributed by atoms with Gasteiger partial charge in [0.25, 0.3) is 0 Å². The van der Waals surface area contributed by atoms with E-state index in [2.05, 4.69) is 30.2 Å². The lowest BCUT2D eigenvalue weighted by Gasteiger charge is -2.15. The number of aliphatic hydroxyl groups is 1. The fraction of sp³-hybridized carbons (Fsp3) is 0.273. The van der Waals surface area contributed by atoms with Gasteiger partial charge in [-0.2, -0.15) is 26.3 Å². The fourth-order valence-electron chi connectivity index (χ4n) is 3.37. The molecular weight excluding hydrogens is 590 g/mol. The van der Waals surface area contributed by atoms with Crippen molar-refractivity contribution in [2.45, 2.75) is 31.5 Å². The maximum atomic E-state index is 13.1. The molecule has 1 aromatic carbocycles. The van der Waals surface area contributed by atoms with Crippen LogP contribution in [0.1, 0.15) is 5.82 Å². The molecule has 0 aliphatic heterocycles. The first-order valence-corrected chi connectivity index (χ1v) is 11.6. The maximum Gasteiger partial charge on any atom is 0.422 e. The van der Waals surface area contributed by atoms with Gasteiger partial charge in [-0.15, -0.1) is 10.2 Å². The van der Waals surface area contributed by atoms with Crippen LogP contribution < -0.4 is 11.0 Å². The Morgan fingerprint density at radius 1 is 1.07 bits per heavy atom. The molecule has 4 aromatic rings. The van der Waals surface area contributed by atoms with Crippen LogP contribution in [0.5, 0.6) is 0 Å². The number of anilines is 1. The molecule has 12 nitrogen and oxygen atoms in total. The summed E-state index contributed by atoms with van der Waals surface area (Å²) in [6, 6.07) is 8.40. The molecule has 2 N–H and O–H groups in total. The van der Waals surface area contributed by atoms with Crippen molar-refractivity contribution in [1.82, 2.24) is 34.1 Å². The number of carbonyl (C=O) groups excluding carboxylic acids is 1. The van der Waals surface area contributed by atoms with Crippen molar-refractivity contribution in [3.05, 3.63) is 70.3 Å². The zero-order valence-electron chi connectivity index (χ0n) is 20.3. The number of ether oxygens (including phenoxy) is 1. The number of alkyl halides is 6. The lowest BCUT2D eigenvalue weighted by molar-refractivity contribution is -0.207. The Morgan fingerprint density at radius 3 is 2.44 bits per heavy atom. The van der Waals surface area contributed by atoms with Gasteiger partial charge < -0.3 is 9.84 Å². The summed E-state index contributed by atoms with van der Waals surface area (Å²) in [5, 5.41) is 20.2. The van der Waals surface area contributed by atoms with Gasteiger partial charge in [-0.25, -0.2) is 28.9 Å². The molecule has 0 aliphatic carbocycles. The van der Waals surface area contributed by atoms with Gasteiger partial charge in [0.15, 0.2) is 30.2 Å². The molecule has 1 amide bonds. The molecule has 0 saturated heterocycles. The standard InChI is InChI=1S/C22H17ClF6N8O4/c23-13-5-3-12(4-6-13)17-34-36(20(40)35(17)8-15(38)22(27,28)29)9-16-31-11-37(33-16)18-14(2-1-7-30-18)32-19(39)41-10-21(24,25)26/h1-7,11,15,38H,8-10H2,(H,32,39)/t15-/m0/s1. The smallest absolute Gasteiger partial charge is 0.422 e. The predicted molar refractivity (Wildman–Crippen MR) is 128 cm³/mol. The SMILES string of the molecule is O=C(Nc1cccnc1-n1cnc(Cn2nc(-c3ccc(Cl)cc3)n(C[C@H](O)C(F)(F)F)c2=O)n1)OCC(F)(F)F. The van der Waals surface area contributed by atoms with Gasteiger partial charge in [0, 0.05) is 16.8 Å². The number of rotatable bonds is 8. The normalized spacial score (nSPS) is 12.8. The van der Waals surface area contributed by atoms with Crippen molar-refractivity contribution in [1.29, 1.82) is 0 Å². The first kappa shape index (κ1) is 29.5. The van der Waals surface area contributed by atoms with Crippen LogP contribution in [0.25, 0.3) is 17.2 Å². The third kappa shape index (κ3) is 7.40. The lowest BCUT2D eigenvalue weighted by atomic mass is 10.2. The number of hydrogen-bond donors (Lipinski definition) is 2. The molecule has 0 fully saturated rings. The first-order chi connectivity index (χ1) is 19.2. The largest absolute Gasteiger partial charge is 0.440 e. The van der Waals surface area contributed by atoms with E-state index in [-0.39, 0.29) is 28.7 Å². The number of hydrogen-bond acceptors (Lipinski definition) is 8. The highest BCUT2D eigenvalue weighted by Gasteiger charge is 2.39. The molecule has 3 heterocycles. The topological polar surface area (TPSA) is 142 Å². The van der Waals surface area contributed by atoms with Crippen LogP contribution in [0.15, 0.2) is 53.7 Å². The van der Waals surface area contributed by atoms with Crippen LogP contribution in [0.4, 0.5) is 36.8 Å². The minimum atomic E-state index is -5.01. The Labute approximate surface area is 229 Å². The number of nitrogens with one attached hydrogen (secondary N) is 1. The number of benzene rings is 1. The molecule has 218 valence electrons.